The van der Waals surface area contributed by atoms with Gasteiger partial charge in [0.2, 0.25) is 23.6 Å². The SMILES string of the molecule is CC[C@H](C)[C@H](NC(=O)CN)C(=O)N[C@@H](CO)C(=O)N[C@@H](CO)C(=O)NCC(=O)O. The average molecular weight is 419 g/mol. The molecule has 0 spiro atoms. The Hall–Kier alpha value is -2.77. The molecule has 13 nitrogen and oxygen atoms in total. The lowest BCUT2D eigenvalue weighted by Gasteiger charge is -2.26. The van der Waals surface area contributed by atoms with Crippen LogP contribution in [0.1, 0.15) is 20.3 Å². The zero-order chi connectivity index (χ0) is 22.6. The van der Waals surface area contributed by atoms with Crippen molar-refractivity contribution in [3.8, 4) is 0 Å². The molecule has 0 aliphatic rings. The van der Waals surface area contributed by atoms with Gasteiger partial charge in [0.15, 0.2) is 0 Å². The third-order valence-corrected chi connectivity index (χ3v) is 4.04. The molecule has 9 N–H and O–H groups in total. The largest absolute Gasteiger partial charge is 0.480 e. The number of aliphatic carboxylic acids is 1. The van der Waals surface area contributed by atoms with E-state index in [2.05, 4.69) is 16.0 Å². The van der Waals surface area contributed by atoms with Crippen molar-refractivity contribution in [2.24, 2.45) is 11.7 Å². The lowest BCUT2D eigenvalue weighted by atomic mass is 9.98. The van der Waals surface area contributed by atoms with Gasteiger partial charge >= 0.3 is 5.97 Å². The predicted molar refractivity (Wildman–Crippen MR) is 99.1 cm³/mol. The molecule has 0 aromatic rings. The van der Waals surface area contributed by atoms with Gasteiger partial charge in [0, 0.05) is 0 Å². The fraction of sp³-hybridized carbons (Fsp3) is 0.688. The summed E-state index contributed by atoms with van der Waals surface area (Å²) in [6.45, 7) is 0.757. The van der Waals surface area contributed by atoms with Crippen LogP contribution in [0.2, 0.25) is 0 Å². The summed E-state index contributed by atoms with van der Waals surface area (Å²) < 4.78 is 0. The van der Waals surface area contributed by atoms with Gasteiger partial charge in [-0.1, -0.05) is 20.3 Å². The molecule has 0 aromatic heterocycles. The number of hydrogen-bond acceptors (Lipinski definition) is 8. The maximum atomic E-state index is 12.5. The quantitative estimate of drug-likeness (QED) is 0.144. The van der Waals surface area contributed by atoms with Gasteiger partial charge in [-0.3, -0.25) is 24.0 Å². The highest BCUT2D eigenvalue weighted by molar-refractivity contribution is 5.95. The van der Waals surface area contributed by atoms with E-state index in [1.807, 2.05) is 5.32 Å². The number of nitrogens with two attached hydrogens (primary N) is 1. The van der Waals surface area contributed by atoms with Gasteiger partial charge in [-0.05, 0) is 5.92 Å². The summed E-state index contributed by atoms with van der Waals surface area (Å²) in [6.07, 6.45) is 0.523. The number of carboxylic acid groups (broad SMARTS) is 1. The van der Waals surface area contributed by atoms with Crippen molar-refractivity contribution in [3.63, 3.8) is 0 Å². The minimum atomic E-state index is -1.49. The first kappa shape index (κ1) is 26.2. The van der Waals surface area contributed by atoms with Crippen molar-refractivity contribution in [3.05, 3.63) is 0 Å². The summed E-state index contributed by atoms with van der Waals surface area (Å²) in [4.78, 5) is 58.5. The van der Waals surface area contributed by atoms with Crippen LogP contribution in [-0.2, 0) is 24.0 Å². The van der Waals surface area contributed by atoms with E-state index in [1.165, 1.54) is 0 Å². The molecule has 0 fully saturated rings. The van der Waals surface area contributed by atoms with E-state index in [4.69, 9.17) is 10.8 Å². The summed E-state index contributed by atoms with van der Waals surface area (Å²) in [5, 5.41) is 36.0. The van der Waals surface area contributed by atoms with Crippen molar-refractivity contribution >= 4 is 29.6 Å². The molecule has 29 heavy (non-hydrogen) atoms. The Labute approximate surface area is 167 Å². The van der Waals surface area contributed by atoms with Crippen LogP contribution in [0.3, 0.4) is 0 Å². The minimum absolute atomic E-state index is 0.306. The molecule has 166 valence electrons. The average Bonchev–Trinajstić information content (AvgIpc) is 2.70. The van der Waals surface area contributed by atoms with Crippen molar-refractivity contribution in [1.29, 1.82) is 0 Å². The summed E-state index contributed by atoms with van der Waals surface area (Å²) in [7, 11) is 0. The summed E-state index contributed by atoms with van der Waals surface area (Å²) in [5.41, 5.74) is 5.23. The van der Waals surface area contributed by atoms with Crippen LogP contribution in [0.5, 0.6) is 0 Å². The standard InChI is InChI=1S/C16H29N5O8/c1-3-8(2)13(21-11(24)4-17)16(29)20-10(7-23)15(28)19-9(6-22)14(27)18-5-12(25)26/h8-10,13,22-23H,3-7,17H2,1-2H3,(H,18,27)(H,19,28)(H,20,29)(H,21,24)(H,25,26)/t8-,9-,10-,13-/m0/s1. The molecule has 0 rings (SSSR count). The first-order valence-electron chi connectivity index (χ1n) is 8.92. The number of carboxylic acids is 1. The molecule has 0 radical (unpaired) electrons. The number of aliphatic hydroxyl groups is 2. The molecule has 0 bridgehead atoms. The molecule has 0 unspecified atom stereocenters. The van der Waals surface area contributed by atoms with Gasteiger partial charge in [-0.2, -0.15) is 0 Å². The second kappa shape index (κ2) is 13.4. The first-order chi connectivity index (χ1) is 13.6. The van der Waals surface area contributed by atoms with E-state index < -0.39 is 67.5 Å². The zero-order valence-electron chi connectivity index (χ0n) is 16.3. The number of hydrogen-bond donors (Lipinski definition) is 8. The molecule has 0 aliphatic carbocycles. The molecule has 13 heteroatoms. The third kappa shape index (κ3) is 9.32. The monoisotopic (exact) mass is 419 g/mol. The highest BCUT2D eigenvalue weighted by atomic mass is 16.4. The molecule has 0 saturated heterocycles. The zero-order valence-corrected chi connectivity index (χ0v) is 16.3. The molecule has 0 heterocycles. The summed E-state index contributed by atoms with van der Waals surface area (Å²) >= 11 is 0. The number of aliphatic hydroxyl groups excluding tert-OH is 2. The highest BCUT2D eigenvalue weighted by Crippen LogP contribution is 2.08. The van der Waals surface area contributed by atoms with Crippen LogP contribution < -0.4 is 27.0 Å². The van der Waals surface area contributed by atoms with Crippen molar-refractivity contribution in [2.45, 2.75) is 38.4 Å². The van der Waals surface area contributed by atoms with E-state index in [1.54, 1.807) is 13.8 Å². The normalized spacial score (nSPS) is 14.7. The van der Waals surface area contributed by atoms with Crippen LogP contribution in [0, 0.1) is 5.92 Å². The maximum Gasteiger partial charge on any atom is 0.322 e. The van der Waals surface area contributed by atoms with Crippen LogP contribution in [0.4, 0.5) is 0 Å². The minimum Gasteiger partial charge on any atom is -0.480 e. The first-order valence-corrected chi connectivity index (χ1v) is 8.92. The fourth-order valence-electron chi connectivity index (χ4n) is 2.14. The number of nitrogens with one attached hydrogen (secondary N) is 4. The van der Waals surface area contributed by atoms with Crippen LogP contribution in [0.25, 0.3) is 0 Å². The number of carbonyl (C=O) groups excluding carboxylic acids is 4. The Kier molecular flexibility index (Phi) is 12.1. The van der Waals surface area contributed by atoms with E-state index in [0.29, 0.717) is 6.42 Å². The smallest absolute Gasteiger partial charge is 0.322 e. The number of amides is 4. The van der Waals surface area contributed by atoms with Crippen LogP contribution in [0.15, 0.2) is 0 Å². The lowest BCUT2D eigenvalue weighted by molar-refractivity contribution is -0.139. The van der Waals surface area contributed by atoms with Gasteiger partial charge in [-0.25, -0.2) is 0 Å². The fourth-order valence-corrected chi connectivity index (χ4v) is 2.14. The number of carbonyl (C=O) groups is 5. The van der Waals surface area contributed by atoms with Crippen molar-refractivity contribution < 1.29 is 39.3 Å². The van der Waals surface area contributed by atoms with E-state index in [0.717, 1.165) is 0 Å². The predicted octanol–water partition coefficient (Wildman–Crippen LogP) is -4.37. The molecular weight excluding hydrogens is 390 g/mol. The Morgan fingerprint density at radius 2 is 1.41 bits per heavy atom. The molecular formula is C16H29N5O8. The maximum absolute atomic E-state index is 12.5. The van der Waals surface area contributed by atoms with E-state index in [-0.39, 0.29) is 12.5 Å². The van der Waals surface area contributed by atoms with Crippen LogP contribution in [-0.4, -0.2) is 89.3 Å². The second-order valence-electron chi connectivity index (χ2n) is 6.23. The van der Waals surface area contributed by atoms with Gasteiger partial charge in [0.25, 0.3) is 0 Å². The number of rotatable bonds is 13. The van der Waals surface area contributed by atoms with Gasteiger partial charge in [-0.15, -0.1) is 0 Å². The van der Waals surface area contributed by atoms with E-state index >= 15 is 0 Å². The molecule has 0 aliphatic heterocycles. The van der Waals surface area contributed by atoms with Gasteiger partial charge in [0.1, 0.15) is 24.7 Å². The summed E-state index contributed by atoms with van der Waals surface area (Å²) in [6, 6.07) is -3.98. The molecule has 0 aromatic carbocycles. The third-order valence-electron chi connectivity index (χ3n) is 4.04. The Morgan fingerprint density at radius 1 is 0.897 bits per heavy atom. The van der Waals surface area contributed by atoms with Gasteiger partial charge in [0.05, 0.1) is 19.8 Å². The van der Waals surface area contributed by atoms with Gasteiger partial charge < -0.3 is 42.3 Å². The Morgan fingerprint density at radius 3 is 1.86 bits per heavy atom. The van der Waals surface area contributed by atoms with E-state index in [9.17, 15) is 34.2 Å². The van der Waals surface area contributed by atoms with Crippen LogP contribution >= 0.6 is 0 Å². The van der Waals surface area contributed by atoms with Crippen molar-refractivity contribution in [1.82, 2.24) is 21.3 Å². The lowest BCUT2D eigenvalue weighted by Crippen LogP contribution is -2.59. The molecule has 4 atom stereocenters. The van der Waals surface area contributed by atoms with Crippen molar-refractivity contribution in [2.75, 3.05) is 26.3 Å². The topological polar surface area (TPSA) is 220 Å². The summed E-state index contributed by atoms with van der Waals surface area (Å²) in [5.74, 6) is -4.90. The second-order valence-corrected chi connectivity index (χ2v) is 6.23. The molecule has 0 saturated carbocycles. The Balaban J connectivity index is 5.09. The molecule has 4 amide bonds. The highest BCUT2D eigenvalue weighted by Gasteiger charge is 2.31. The Bertz CT molecular complexity index is 600.